The van der Waals surface area contributed by atoms with Crippen molar-refractivity contribution in [3.63, 3.8) is 0 Å². The molecule has 1 N–H and O–H groups in total. The maximum Gasteiger partial charge on any atom is 0.331 e. The van der Waals surface area contributed by atoms with Crippen LogP contribution in [-0.2, 0) is 21.5 Å². The zero-order valence-electron chi connectivity index (χ0n) is 12.2. The SMILES string of the molecule is C=CCNC1(C(=O)OCC)CCCCc2ccccc21. The lowest BCUT2D eigenvalue weighted by Gasteiger charge is -2.33. The van der Waals surface area contributed by atoms with Gasteiger partial charge in [0.05, 0.1) is 6.61 Å². The first-order valence-corrected chi connectivity index (χ1v) is 7.36. The number of hydrogen-bond acceptors (Lipinski definition) is 3. The Balaban J connectivity index is 2.48. The number of carbonyl (C=O) groups is 1. The van der Waals surface area contributed by atoms with E-state index in [9.17, 15) is 4.79 Å². The average molecular weight is 273 g/mol. The molecule has 0 radical (unpaired) electrons. The fourth-order valence-corrected chi connectivity index (χ4v) is 2.96. The monoisotopic (exact) mass is 273 g/mol. The highest BCUT2D eigenvalue weighted by atomic mass is 16.5. The van der Waals surface area contributed by atoms with Crippen molar-refractivity contribution in [2.75, 3.05) is 13.2 Å². The van der Waals surface area contributed by atoms with Crippen LogP contribution in [0, 0.1) is 0 Å². The molecule has 108 valence electrons. The molecular weight excluding hydrogens is 250 g/mol. The summed E-state index contributed by atoms with van der Waals surface area (Å²) in [7, 11) is 0. The van der Waals surface area contributed by atoms with Crippen LogP contribution in [0.2, 0.25) is 0 Å². The molecule has 0 aromatic heterocycles. The average Bonchev–Trinajstić information content (AvgIpc) is 2.66. The number of rotatable bonds is 5. The summed E-state index contributed by atoms with van der Waals surface area (Å²) in [6.45, 7) is 6.59. The van der Waals surface area contributed by atoms with Crippen LogP contribution in [0.4, 0.5) is 0 Å². The maximum absolute atomic E-state index is 12.6. The Hall–Kier alpha value is -1.61. The summed E-state index contributed by atoms with van der Waals surface area (Å²) in [5, 5.41) is 3.37. The van der Waals surface area contributed by atoms with Gasteiger partial charge in [0.2, 0.25) is 0 Å². The number of esters is 1. The smallest absolute Gasteiger partial charge is 0.331 e. The fourth-order valence-electron chi connectivity index (χ4n) is 2.96. The highest BCUT2D eigenvalue weighted by molar-refractivity contribution is 5.83. The summed E-state index contributed by atoms with van der Waals surface area (Å²) in [4.78, 5) is 12.6. The van der Waals surface area contributed by atoms with Crippen LogP contribution in [-0.4, -0.2) is 19.1 Å². The molecule has 1 aromatic rings. The topological polar surface area (TPSA) is 38.3 Å². The first kappa shape index (κ1) is 14.8. The number of carbonyl (C=O) groups excluding carboxylic acids is 1. The zero-order valence-corrected chi connectivity index (χ0v) is 12.2. The maximum atomic E-state index is 12.6. The van der Waals surface area contributed by atoms with Gasteiger partial charge in [0.1, 0.15) is 5.54 Å². The molecule has 0 spiro atoms. The van der Waals surface area contributed by atoms with Crippen molar-refractivity contribution in [2.45, 2.75) is 38.1 Å². The molecule has 20 heavy (non-hydrogen) atoms. The third kappa shape index (κ3) is 2.78. The largest absolute Gasteiger partial charge is 0.464 e. The lowest BCUT2D eigenvalue weighted by atomic mass is 9.84. The molecule has 1 aromatic carbocycles. The van der Waals surface area contributed by atoms with Gasteiger partial charge in [0, 0.05) is 6.54 Å². The van der Waals surface area contributed by atoms with Gasteiger partial charge in [-0.05, 0) is 37.3 Å². The summed E-state index contributed by atoms with van der Waals surface area (Å²) >= 11 is 0. The Labute approximate surface area is 121 Å². The van der Waals surface area contributed by atoms with Gasteiger partial charge in [-0.3, -0.25) is 5.32 Å². The van der Waals surface area contributed by atoms with Crippen LogP contribution in [0.25, 0.3) is 0 Å². The van der Waals surface area contributed by atoms with Crippen molar-refractivity contribution in [2.24, 2.45) is 0 Å². The molecule has 2 rings (SSSR count). The Bertz CT molecular complexity index is 484. The van der Waals surface area contributed by atoms with E-state index in [4.69, 9.17) is 4.74 Å². The molecular formula is C17H23NO2. The molecule has 1 atom stereocenters. The molecule has 0 saturated carbocycles. The molecule has 3 nitrogen and oxygen atoms in total. The van der Waals surface area contributed by atoms with Gasteiger partial charge in [0.15, 0.2) is 0 Å². The van der Waals surface area contributed by atoms with Crippen LogP contribution in [0.1, 0.15) is 37.3 Å². The second kappa shape index (κ2) is 6.71. The quantitative estimate of drug-likeness (QED) is 0.509. The standard InChI is InChI=1S/C17H23NO2/c1-3-13-18-17(16(19)20-4-2)12-8-7-10-14-9-5-6-11-15(14)17/h3,5-6,9,11,18H,1,4,7-8,10,12-13H2,2H3. The number of hydrogen-bond donors (Lipinski definition) is 1. The third-order valence-electron chi connectivity index (χ3n) is 3.90. The number of aryl methyl sites for hydroxylation is 1. The van der Waals surface area contributed by atoms with E-state index in [-0.39, 0.29) is 5.97 Å². The van der Waals surface area contributed by atoms with Crippen LogP contribution in [0.5, 0.6) is 0 Å². The Morgan fingerprint density at radius 2 is 2.25 bits per heavy atom. The lowest BCUT2D eigenvalue weighted by molar-refractivity contribution is -0.152. The molecule has 0 fully saturated rings. The van der Waals surface area contributed by atoms with Gasteiger partial charge < -0.3 is 4.74 Å². The van der Waals surface area contributed by atoms with Gasteiger partial charge >= 0.3 is 5.97 Å². The van der Waals surface area contributed by atoms with E-state index in [1.807, 2.05) is 25.1 Å². The molecule has 0 amide bonds. The van der Waals surface area contributed by atoms with Gasteiger partial charge in [-0.25, -0.2) is 4.79 Å². The van der Waals surface area contributed by atoms with E-state index in [0.29, 0.717) is 13.2 Å². The van der Waals surface area contributed by atoms with Crippen LogP contribution >= 0.6 is 0 Å². The van der Waals surface area contributed by atoms with E-state index in [1.165, 1.54) is 5.56 Å². The molecule has 0 saturated heterocycles. The Morgan fingerprint density at radius 3 is 3.00 bits per heavy atom. The highest BCUT2D eigenvalue weighted by Gasteiger charge is 2.42. The van der Waals surface area contributed by atoms with Gasteiger partial charge in [-0.1, -0.05) is 36.8 Å². The zero-order chi connectivity index (χ0) is 14.4. The molecule has 0 aliphatic heterocycles. The van der Waals surface area contributed by atoms with E-state index >= 15 is 0 Å². The minimum atomic E-state index is -0.725. The second-order valence-corrected chi connectivity index (χ2v) is 5.16. The first-order chi connectivity index (χ1) is 9.74. The van der Waals surface area contributed by atoms with E-state index in [0.717, 1.165) is 31.2 Å². The van der Waals surface area contributed by atoms with E-state index in [2.05, 4.69) is 18.0 Å². The van der Waals surface area contributed by atoms with Gasteiger partial charge in [0.25, 0.3) is 0 Å². The van der Waals surface area contributed by atoms with E-state index < -0.39 is 5.54 Å². The molecule has 0 bridgehead atoms. The third-order valence-corrected chi connectivity index (χ3v) is 3.90. The molecule has 1 aliphatic carbocycles. The van der Waals surface area contributed by atoms with Crippen molar-refractivity contribution >= 4 is 5.97 Å². The highest BCUT2D eigenvalue weighted by Crippen LogP contribution is 2.35. The molecule has 0 heterocycles. The Kier molecular flexibility index (Phi) is 4.96. The normalized spacial score (nSPS) is 21.6. The summed E-state index contributed by atoms with van der Waals surface area (Å²) in [5.41, 5.74) is 1.59. The fraction of sp³-hybridized carbons (Fsp3) is 0.471. The summed E-state index contributed by atoms with van der Waals surface area (Å²) in [6.07, 6.45) is 5.70. The lowest BCUT2D eigenvalue weighted by Crippen LogP contribution is -2.50. The number of benzene rings is 1. The molecule has 3 heteroatoms. The predicted octanol–water partition coefficient (Wildman–Crippen LogP) is 2.95. The summed E-state index contributed by atoms with van der Waals surface area (Å²) < 4.78 is 5.36. The Morgan fingerprint density at radius 1 is 1.45 bits per heavy atom. The predicted molar refractivity (Wildman–Crippen MR) is 80.5 cm³/mol. The van der Waals surface area contributed by atoms with Crippen LogP contribution in [0.15, 0.2) is 36.9 Å². The number of ether oxygens (including phenoxy) is 1. The minimum Gasteiger partial charge on any atom is -0.464 e. The summed E-state index contributed by atoms with van der Waals surface area (Å²) in [5.74, 6) is -0.170. The van der Waals surface area contributed by atoms with Crippen molar-refractivity contribution in [1.82, 2.24) is 5.32 Å². The van der Waals surface area contributed by atoms with Crippen molar-refractivity contribution in [3.8, 4) is 0 Å². The molecule has 1 unspecified atom stereocenters. The van der Waals surface area contributed by atoms with Crippen LogP contribution in [0.3, 0.4) is 0 Å². The van der Waals surface area contributed by atoms with Crippen molar-refractivity contribution in [1.29, 1.82) is 0 Å². The van der Waals surface area contributed by atoms with Gasteiger partial charge in [-0.15, -0.1) is 6.58 Å². The second-order valence-electron chi connectivity index (χ2n) is 5.16. The van der Waals surface area contributed by atoms with Crippen molar-refractivity contribution in [3.05, 3.63) is 48.0 Å². The van der Waals surface area contributed by atoms with E-state index in [1.54, 1.807) is 6.08 Å². The van der Waals surface area contributed by atoms with Gasteiger partial charge in [-0.2, -0.15) is 0 Å². The minimum absolute atomic E-state index is 0.170. The van der Waals surface area contributed by atoms with Crippen LogP contribution < -0.4 is 5.32 Å². The first-order valence-electron chi connectivity index (χ1n) is 7.36. The number of nitrogens with one attached hydrogen (secondary N) is 1. The molecule has 1 aliphatic rings. The number of fused-ring (bicyclic) bond motifs is 1. The van der Waals surface area contributed by atoms with Crippen molar-refractivity contribution < 1.29 is 9.53 Å². The summed E-state index contributed by atoms with van der Waals surface area (Å²) in [6, 6.07) is 8.19.